The van der Waals surface area contributed by atoms with Crippen LogP contribution in [0.25, 0.3) is 11.0 Å². The second-order valence-electron chi connectivity index (χ2n) is 10.5. The number of piperidine rings is 1. The molecule has 2 unspecified atom stereocenters. The van der Waals surface area contributed by atoms with Crippen LogP contribution in [0.5, 0.6) is 0 Å². The summed E-state index contributed by atoms with van der Waals surface area (Å²) in [5.74, 6) is -4.79. The van der Waals surface area contributed by atoms with Crippen LogP contribution in [-0.2, 0) is 0 Å². The number of alkyl halides is 2. The molecule has 5 rings (SSSR count). The summed E-state index contributed by atoms with van der Waals surface area (Å²) in [6, 6.07) is 12.0. The SMILES string of the molecule is Cc1cc([C@@H](C)Nc2ccccc2C(=O)O)c2nc(N3CC4CCCC(CO)(C3)C4(F)F)c(C#N)nc2c1. The molecule has 8 nitrogen and oxygen atoms in total. The highest BCUT2D eigenvalue weighted by Gasteiger charge is 2.63. The van der Waals surface area contributed by atoms with Gasteiger partial charge in [0.1, 0.15) is 6.07 Å². The number of aliphatic hydroxyl groups is 1. The van der Waals surface area contributed by atoms with Crippen molar-refractivity contribution in [1.82, 2.24) is 9.97 Å². The summed E-state index contributed by atoms with van der Waals surface area (Å²) >= 11 is 0. The first-order valence-electron chi connectivity index (χ1n) is 12.6. The number of nitriles is 1. The Bertz CT molecular complexity index is 1460. The maximum atomic E-state index is 15.3. The van der Waals surface area contributed by atoms with Crippen molar-refractivity contribution in [3.63, 3.8) is 0 Å². The number of nitrogens with zero attached hydrogens (tertiary/aromatic N) is 4. The highest BCUT2D eigenvalue weighted by Crippen LogP contribution is 2.55. The molecule has 3 aromatic rings. The number of nitrogens with one attached hydrogen (secondary N) is 1. The van der Waals surface area contributed by atoms with E-state index in [4.69, 9.17) is 4.98 Å². The normalized spacial score (nSPS) is 23.1. The zero-order valence-electron chi connectivity index (χ0n) is 21.2. The van der Waals surface area contributed by atoms with E-state index in [0.717, 1.165) is 11.1 Å². The Hall–Kier alpha value is -3.84. The smallest absolute Gasteiger partial charge is 0.337 e. The van der Waals surface area contributed by atoms with Gasteiger partial charge >= 0.3 is 5.97 Å². The topological polar surface area (TPSA) is 122 Å². The number of para-hydroxylation sites is 1. The molecule has 38 heavy (non-hydrogen) atoms. The zero-order chi connectivity index (χ0) is 27.2. The van der Waals surface area contributed by atoms with E-state index in [1.165, 1.54) is 6.07 Å². The Balaban J connectivity index is 1.59. The molecule has 3 N–H and O–H groups in total. The number of rotatable bonds is 6. The number of carbonyl (C=O) groups is 1. The molecule has 1 saturated carbocycles. The van der Waals surface area contributed by atoms with Crippen LogP contribution >= 0.6 is 0 Å². The lowest BCUT2D eigenvalue weighted by atomic mass is 9.63. The third-order valence-electron chi connectivity index (χ3n) is 7.99. The molecule has 2 bridgehead atoms. The van der Waals surface area contributed by atoms with Gasteiger partial charge in [0.2, 0.25) is 0 Å². The highest BCUT2D eigenvalue weighted by atomic mass is 19.3. The van der Waals surface area contributed by atoms with Crippen molar-refractivity contribution in [1.29, 1.82) is 5.26 Å². The fourth-order valence-corrected chi connectivity index (χ4v) is 6.01. The molecule has 0 radical (unpaired) electrons. The Morgan fingerprint density at radius 3 is 2.79 bits per heavy atom. The van der Waals surface area contributed by atoms with Gasteiger partial charge in [0.15, 0.2) is 11.5 Å². The maximum absolute atomic E-state index is 15.3. The van der Waals surface area contributed by atoms with Crippen molar-refractivity contribution >= 4 is 28.5 Å². The van der Waals surface area contributed by atoms with Crippen molar-refractivity contribution in [2.24, 2.45) is 11.3 Å². The summed E-state index contributed by atoms with van der Waals surface area (Å²) in [5, 5.41) is 32.8. The van der Waals surface area contributed by atoms with Crippen molar-refractivity contribution in [2.75, 3.05) is 29.9 Å². The molecule has 2 aromatic carbocycles. The first-order valence-corrected chi connectivity index (χ1v) is 12.6. The average Bonchev–Trinajstić information content (AvgIpc) is 2.87. The van der Waals surface area contributed by atoms with E-state index in [1.807, 2.05) is 26.0 Å². The number of benzene rings is 2. The molecule has 1 aliphatic heterocycles. The van der Waals surface area contributed by atoms with Gasteiger partial charge in [0.05, 0.1) is 34.7 Å². The number of carboxylic acid groups (broad SMARTS) is 1. The van der Waals surface area contributed by atoms with Crippen LogP contribution in [0.3, 0.4) is 0 Å². The minimum Gasteiger partial charge on any atom is -0.478 e. The predicted molar refractivity (Wildman–Crippen MR) is 138 cm³/mol. The van der Waals surface area contributed by atoms with Gasteiger partial charge in [0.25, 0.3) is 5.92 Å². The molecular weight excluding hydrogens is 492 g/mol. The monoisotopic (exact) mass is 521 g/mol. The number of anilines is 2. The van der Waals surface area contributed by atoms with Gasteiger partial charge in [-0.15, -0.1) is 0 Å². The summed E-state index contributed by atoms with van der Waals surface area (Å²) in [6.07, 6.45) is 1.15. The van der Waals surface area contributed by atoms with Crippen molar-refractivity contribution in [3.05, 3.63) is 58.8 Å². The molecule has 198 valence electrons. The van der Waals surface area contributed by atoms with Gasteiger partial charge in [-0.2, -0.15) is 5.26 Å². The third-order valence-corrected chi connectivity index (χ3v) is 7.99. The van der Waals surface area contributed by atoms with Gasteiger partial charge < -0.3 is 20.4 Å². The number of aliphatic hydroxyl groups excluding tert-OH is 1. The zero-order valence-corrected chi connectivity index (χ0v) is 21.2. The summed E-state index contributed by atoms with van der Waals surface area (Å²) in [6.45, 7) is 3.01. The molecule has 2 fully saturated rings. The van der Waals surface area contributed by atoms with E-state index < -0.39 is 29.8 Å². The maximum Gasteiger partial charge on any atom is 0.337 e. The van der Waals surface area contributed by atoms with Crippen LogP contribution < -0.4 is 10.2 Å². The molecule has 2 aliphatic rings. The van der Waals surface area contributed by atoms with E-state index in [0.29, 0.717) is 29.6 Å². The molecule has 1 aliphatic carbocycles. The first-order chi connectivity index (χ1) is 18.1. The van der Waals surface area contributed by atoms with Crippen LogP contribution in [0, 0.1) is 29.6 Å². The average molecular weight is 522 g/mol. The van der Waals surface area contributed by atoms with E-state index in [9.17, 15) is 20.3 Å². The lowest BCUT2D eigenvalue weighted by Gasteiger charge is -2.54. The number of halogens is 2. The molecule has 0 amide bonds. The number of hydrogen-bond acceptors (Lipinski definition) is 7. The number of fused-ring (bicyclic) bond motifs is 3. The molecule has 1 saturated heterocycles. The molecular formula is C28H29F2N5O3. The lowest BCUT2D eigenvalue weighted by Crippen LogP contribution is -2.64. The molecule has 3 atom stereocenters. The summed E-state index contributed by atoms with van der Waals surface area (Å²) in [7, 11) is 0. The summed E-state index contributed by atoms with van der Waals surface area (Å²) in [4.78, 5) is 22.8. The largest absolute Gasteiger partial charge is 0.478 e. The fraction of sp³-hybridized carbons (Fsp3) is 0.429. The van der Waals surface area contributed by atoms with E-state index >= 15 is 8.78 Å². The molecule has 0 spiro atoms. The van der Waals surface area contributed by atoms with Gasteiger partial charge in [-0.05, 0) is 50.5 Å². The second-order valence-corrected chi connectivity index (χ2v) is 10.5. The number of aryl methyl sites for hydroxylation is 1. The van der Waals surface area contributed by atoms with Crippen LogP contribution in [0.4, 0.5) is 20.3 Å². The van der Waals surface area contributed by atoms with E-state index in [-0.39, 0.29) is 42.6 Å². The molecule has 1 aromatic heterocycles. The van der Waals surface area contributed by atoms with E-state index in [2.05, 4.69) is 16.4 Å². The minimum absolute atomic E-state index is 0.0185. The number of aromatic carboxylic acids is 1. The Kier molecular flexibility index (Phi) is 6.43. The predicted octanol–water partition coefficient (Wildman–Crippen LogP) is 4.92. The van der Waals surface area contributed by atoms with Crippen LogP contribution in [0.15, 0.2) is 36.4 Å². The number of hydrogen-bond donors (Lipinski definition) is 3. The number of carboxylic acids is 1. The second kappa shape index (κ2) is 9.48. The van der Waals surface area contributed by atoms with E-state index in [1.54, 1.807) is 23.1 Å². The fourth-order valence-electron chi connectivity index (χ4n) is 6.01. The van der Waals surface area contributed by atoms with Crippen molar-refractivity contribution < 1.29 is 23.8 Å². The van der Waals surface area contributed by atoms with Gasteiger partial charge in [-0.1, -0.05) is 24.6 Å². The quantitative estimate of drug-likeness (QED) is 0.418. The number of aromatic nitrogens is 2. The highest BCUT2D eigenvalue weighted by molar-refractivity contribution is 5.94. The van der Waals surface area contributed by atoms with Gasteiger partial charge in [0, 0.05) is 30.3 Å². The summed E-state index contributed by atoms with van der Waals surface area (Å²) < 4.78 is 30.5. The Morgan fingerprint density at radius 1 is 1.32 bits per heavy atom. The van der Waals surface area contributed by atoms with Crippen molar-refractivity contribution in [2.45, 2.75) is 45.1 Å². The molecule has 10 heteroatoms. The Morgan fingerprint density at radius 2 is 2.08 bits per heavy atom. The third kappa shape index (κ3) is 4.11. The minimum atomic E-state index is -3.01. The Labute approximate surface area is 218 Å². The molecule has 2 heterocycles. The van der Waals surface area contributed by atoms with Gasteiger partial charge in [-0.25, -0.2) is 23.5 Å². The van der Waals surface area contributed by atoms with Gasteiger partial charge in [-0.3, -0.25) is 0 Å². The van der Waals surface area contributed by atoms with Crippen LogP contribution in [0.2, 0.25) is 0 Å². The first kappa shape index (κ1) is 25.8. The lowest BCUT2D eigenvalue weighted by molar-refractivity contribution is -0.209. The summed E-state index contributed by atoms with van der Waals surface area (Å²) in [5.41, 5.74) is 1.62. The van der Waals surface area contributed by atoms with Crippen molar-refractivity contribution in [3.8, 4) is 6.07 Å². The van der Waals surface area contributed by atoms with Crippen LogP contribution in [-0.4, -0.2) is 51.8 Å². The standard InChI is InChI=1S/C28H29F2N5O3/c1-16-10-20(17(2)32-21-8-4-3-7-19(21)26(37)38)24-22(11-16)33-23(12-31)25(34-24)35-13-18-6-5-9-27(14-35,15-36)28(18,29)30/h3-4,7-8,10-11,17-18,32,36H,5-6,9,13-15H2,1-2H3,(H,37,38)/t17-,18?,27?/m1/s1. The van der Waals surface area contributed by atoms with Crippen LogP contribution in [0.1, 0.15) is 59.4 Å².